The van der Waals surface area contributed by atoms with Gasteiger partial charge in [-0.15, -0.1) is 0 Å². The summed E-state index contributed by atoms with van der Waals surface area (Å²) in [5, 5.41) is 3.18. The molecule has 8 heteroatoms. The molecule has 0 aliphatic carbocycles. The van der Waals surface area contributed by atoms with Crippen molar-refractivity contribution in [2.75, 3.05) is 31.5 Å². The van der Waals surface area contributed by atoms with Crippen molar-refractivity contribution in [1.82, 2.24) is 14.3 Å². The molecule has 0 amide bonds. The molecule has 2 rings (SSSR count). The summed E-state index contributed by atoms with van der Waals surface area (Å²) in [6.07, 6.45) is -0.680. The van der Waals surface area contributed by atoms with Crippen molar-refractivity contribution in [3.05, 3.63) is 5.82 Å². The van der Waals surface area contributed by atoms with Crippen LogP contribution in [0.5, 0.6) is 0 Å². The largest absolute Gasteiger partial charge is 0.452 e. The molecule has 1 aliphatic heterocycles. The lowest BCUT2D eigenvalue weighted by atomic mass is 10.1. The average Bonchev–Trinajstić information content (AvgIpc) is 2.86. The third kappa shape index (κ3) is 4.59. The van der Waals surface area contributed by atoms with Gasteiger partial charge in [0.25, 0.3) is 0 Å². The zero-order chi connectivity index (χ0) is 14.6. The van der Waals surface area contributed by atoms with Gasteiger partial charge in [0.2, 0.25) is 11.0 Å². The van der Waals surface area contributed by atoms with Crippen molar-refractivity contribution in [2.45, 2.75) is 32.4 Å². The van der Waals surface area contributed by atoms with Crippen LogP contribution >= 0.6 is 11.5 Å². The molecule has 0 bridgehead atoms. The fourth-order valence-electron chi connectivity index (χ4n) is 2.32. The topological polar surface area (TPSA) is 41.1 Å². The van der Waals surface area contributed by atoms with E-state index in [0.29, 0.717) is 12.5 Å². The number of hydrogen-bond donors (Lipinski definition) is 1. The Hall–Kier alpha value is -0.890. The van der Waals surface area contributed by atoms with Crippen LogP contribution in [0, 0.1) is 5.92 Å². The molecule has 0 aromatic carbocycles. The summed E-state index contributed by atoms with van der Waals surface area (Å²) in [4.78, 5) is 5.87. The predicted octanol–water partition coefficient (Wildman–Crippen LogP) is 3.09. The van der Waals surface area contributed by atoms with E-state index >= 15 is 0 Å². The number of likely N-dealkylation sites (tertiary alicyclic amines) is 1. The molecule has 1 aromatic rings. The van der Waals surface area contributed by atoms with Crippen LogP contribution in [-0.2, 0) is 6.18 Å². The number of nitrogens with zero attached hydrogens (tertiary/aromatic N) is 3. The molecule has 1 atom stereocenters. The Morgan fingerprint density at radius 1 is 1.30 bits per heavy atom. The summed E-state index contributed by atoms with van der Waals surface area (Å²) in [6.45, 7) is 5.93. The minimum absolute atomic E-state index is 0.239. The molecule has 1 aliphatic rings. The summed E-state index contributed by atoms with van der Waals surface area (Å²) < 4.78 is 40.4. The van der Waals surface area contributed by atoms with Crippen LogP contribution in [0.4, 0.5) is 18.3 Å². The third-order valence-electron chi connectivity index (χ3n) is 3.30. The zero-order valence-electron chi connectivity index (χ0n) is 11.4. The number of halogens is 3. The highest BCUT2D eigenvalue weighted by Crippen LogP contribution is 2.28. The van der Waals surface area contributed by atoms with Crippen molar-refractivity contribution in [3.8, 4) is 0 Å². The molecule has 1 unspecified atom stereocenters. The maximum Gasteiger partial charge on any atom is 0.452 e. The van der Waals surface area contributed by atoms with E-state index in [9.17, 15) is 13.2 Å². The Bertz CT molecular complexity index is 415. The Morgan fingerprint density at radius 2 is 2.00 bits per heavy atom. The van der Waals surface area contributed by atoms with Crippen LogP contribution in [0.1, 0.15) is 32.0 Å². The molecule has 114 valence electrons. The molecule has 1 aromatic heterocycles. The Kier molecular flexibility index (Phi) is 5.20. The average molecular weight is 308 g/mol. The lowest BCUT2D eigenvalue weighted by molar-refractivity contribution is -0.144. The molecular formula is C12H19F3N4S. The molecule has 0 radical (unpaired) electrons. The van der Waals surface area contributed by atoms with Gasteiger partial charge in [-0.3, -0.25) is 0 Å². The summed E-state index contributed by atoms with van der Waals surface area (Å²) in [5.74, 6) is -0.694. The standard InChI is InChI=1S/C12H19F3N4S/c1-9(8-19-5-3-2-4-6-19)7-16-11-17-10(18-20-11)12(13,14)15/h9H,2-8H2,1H3,(H,16,17,18). The third-order valence-corrected chi connectivity index (χ3v) is 3.97. The van der Waals surface area contributed by atoms with Gasteiger partial charge in [0, 0.05) is 24.6 Å². The lowest BCUT2D eigenvalue weighted by Crippen LogP contribution is -2.35. The second-order valence-electron chi connectivity index (χ2n) is 5.27. The van der Waals surface area contributed by atoms with Crippen LogP contribution < -0.4 is 5.32 Å². The molecular weight excluding hydrogens is 289 g/mol. The SMILES string of the molecule is CC(CNc1nc(C(F)(F)F)ns1)CN1CCCCC1. The van der Waals surface area contributed by atoms with Crippen LogP contribution in [0.25, 0.3) is 0 Å². The van der Waals surface area contributed by atoms with E-state index in [0.717, 1.165) is 31.2 Å². The van der Waals surface area contributed by atoms with Gasteiger partial charge in [0.15, 0.2) is 0 Å². The summed E-state index contributed by atoms with van der Waals surface area (Å²) >= 11 is 0.759. The molecule has 1 saturated heterocycles. The summed E-state index contributed by atoms with van der Waals surface area (Å²) in [6, 6.07) is 0. The van der Waals surface area contributed by atoms with Gasteiger partial charge in [-0.1, -0.05) is 13.3 Å². The first-order valence-electron chi connectivity index (χ1n) is 6.82. The van der Waals surface area contributed by atoms with Crippen LogP contribution in [0.2, 0.25) is 0 Å². The van der Waals surface area contributed by atoms with Gasteiger partial charge in [-0.05, 0) is 31.8 Å². The van der Waals surface area contributed by atoms with E-state index in [1.165, 1.54) is 19.3 Å². The molecule has 1 fully saturated rings. The van der Waals surface area contributed by atoms with Gasteiger partial charge in [0.05, 0.1) is 0 Å². The van der Waals surface area contributed by atoms with Crippen molar-refractivity contribution in [3.63, 3.8) is 0 Å². The summed E-state index contributed by atoms with van der Waals surface area (Å²) in [5.41, 5.74) is 0. The molecule has 0 saturated carbocycles. The van der Waals surface area contributed by atoms with Crippen molar-refractivity contribution in [1.29, 1.82) is 0 Å². The molecule has 20 heavy (non-hydrogen) atoms. The normalized spacial score (nSPS) is 19.0. The highest BCUT2D eigenvalue weighted by molar-refractivity contribution is 7.09. The maximum atomic E-state index is 12.4. The van der Waals surface area contributed by atoms with E-state index < -0.39 is 12.0 Å². The molecule has 1 N–H and O–H groups in total. The number of rotatable bonds is 5. The minimum atomic E-state index is -4.46. The Balaban J connectivity index is 1.75. The smallest absolute Gasteiger partial charge is 0.360 e. The van der Waals surface area contributed by atoms with Gasteiger partial charge in [0.1, 0.15) is 0 Å². The first-order chi connectivity index (χ1) is 9.45. The van der Waals surface area contributed by atoms with Gasteiger partial charge in [-0.25, -0.2) is 0 Å². The van der Waals surface area contributed by atoms with E-state index in [1.54, 1.807) is 0 Å². The highest BCUT2D eigenvalue weighted by Gasteiger charge is 2.36. The van der Waals surface area contributed by atoms with Crippen LogP contribution in [0.15, 0.2) is 0 Å². The maximum absolute atomic E-state index is 12.4. The fourth-order valence-corrected chi connectivity index (χ4v) is 2.91. The van der Waals surface area contributed by atoms with E-state index in [2.05, 4.69) is 26.5 Å². The summed E-state index contributed by atoms with van der Waals surface area (Å²) in [7, 11) is 0. The molecule has 4 nitrogen and oxygen atoms in total. The first-order valence-corrected chi connectivity index (χ1v) is 7.59. The molecule has 0 spiro atoms. The number of nitrogens with one attached hydrogen (secondary N) is 1. The van der Waals surface area contributed by atoms with Gasteiger partial charge >= 0.3 is 6.18 Å². The first kappa shape index (κ1) is 15.5. The lowest BCUT2D eigenvalue weighted by Gasteiger charge is -2.29. The van der Waals surface area contributed by atoms with Crippen LogP contribution in [-0.4, -0.2) is 40.4 Å². The minimum Gasteiger partial charge on any atom is -0.360 e. The Morgan fingerprint density at radius 3 is 2.60 bits per heavy atom. The fraction of sp³-hybridized carbons (Fsp3) is 0.833. The monoisotopic (exact) mass is 308 g/mol. The number of alkyl halides is 3. The van der Waals surface area contributed by atoms with Crippen molar-refractivity contribution in [2.24, 2.45) is 5.92 Å². The Labute approximate surface area is 120 Å². The van der Waals surface area contributed by atoms with E-state index in [-0.39, 0.29) is 5.13 Å². The number of hydrogen-bond acceptors (Lipinski definition) is 5. The highest BCUT2D eigenvalue weighted by atomic mass is 32.1. The quantitative estimate of drug-likeness (QED) is 0.907. The van der Waals surface area contributed by atoms with E-state index in [1.807, 2.05) is 0 Å². The van der Waals surface area contributed by atoms with Crippen molar-refractivity contribution >= 4 is 16.7 Å². The van der Waals surface area contributed by atoms with Gasteiger partial charge in [-0.2, -0.15) is 22.5 Å². The van der Waals surface area contributed by atoms with E-state index in [4.69, 9.17) is 0 Å². The van der Waals surface area contributed by atoms with Gasteiger partial charge < -0.3 is 10.2 Å². The van der Waals surface area contributed by atoms with Crippen LogP contribution in [0.3, 0.4) is 0 Å². The number of anilines is 1. The zero-order valence-corrected chi connectivity index (χ0v) is 12.2. The second kappa shape index (κ2) is 6.71. The predicted molar refractivity (Wildman–Crippen MR) is 72.9 cm³/mol. The number of aromatic nitrogens is 2. The van der Waals surface area contributed by atoms with Crippen molar-refractivity contribution < 1.29 is 13.2 Å². The second-order valence-corrected chi connectivity index (χ2v) is 6.02. The number of piperidine rings is 1. The molecule has 2 heterocycles.